The van der Waals surface area contributed by atoms with Crippen molar-refractivity contribution in [1.29, 1.82) is 0 Å². The molecule has 0 saturated heterocycles. The molecule has 102 valence electrons. The molecule has 2 saturated carbocycles. The van der Waals surface area contributed by atoms with Crippen LogP contribution in [-0.2, 0) is 19.1 Å². The van der Waals surface area contributed by atoms with Gasteiger partial charge in [0.1, 0.15) is 5.54 Å². The zero-order valence-corrected chi connectivity index (χ0v) is 11.0. The van der Waals surface area contributed by atoms with E-state index in [1.54, 1.807) is 13.8 Å². The lowest BCUT2D eigenvalue weighted by molar-refractivity contribution is -0.155. The molecule has 2 aliphatic carbocycles. The normalized spacial score (nSPS) is 44.1. The molecule has 2 rings (SSSR count). The van der Waals surface area contributed by atoms with E-state index in [-0.39, 0.29) is 0 Å². The lowest BCUT2D eigenvalue weighted by Gasteiger charge is -2.31. The molecule has 0 aromatic heterocycles. The highest BCUT2D eigenvalue weighted by atomic mass is 19.1. The van der Waals surface area contributed by atoms with Gasteiger partial charge in [0.2, 0.25) is 5.67 Å². The first kappa shape index (κ1) is 13.3. The van der Waals surface area contributed by atoms with Gasteiger partial charge < -0.3 is 15.2 Å². The summed E-state index contributed by atoms with van der Waals surface area (Å²) in [5.74, 6) is -3.09. The van der Waals surface area contributed by atoms with E-state index in [2.05, 4.69) is 9.47 Å². The number of alkyl halides is 1. The van der Waals surface area contributed by atoms with E-state index < -0.39 is 40.4 Å². The second-order valence-electron chi connectivity index (χ2n) is 5.91. The maximum Gasteiger partial charge on any atom is 0.344 e. The lowest BCUT2D eigenvalue weighted by Crippen LogP contribution is -2.54. The Morgan fingerprint density at radius 1 is 1.17 bits per heavy atom. The van der Waals surface area contributed by atoms with E-state index in [1.807, 2.05) is 0 Å². The van der Waals surface area contributed by atoms with Crippen molar-refractivity contribution in [3.63, 3.8) is 0 Å². The first-order valence-corrected chi connectivity index (χ1v) is 5.81. The van der Waals surface area contributed by atoms with E-state index in [4.69, 9.17) is 5.73 Å². The van der Waals surface area contributed by atoms with Gasteiger partial charge >= 0.3 is 11.9 Å². The van der Waals surface area contributed by atoms with E-state index >= 15 is 0 Å². The molecule has 0 bridgehead atoms. The molecule has 2 fully saturated rings. The molecule has 2 N–H and O–H groups in total. The van der Waals surface area contributed by atoms with E-state index in [9.17, 15) is 14.0 Å². The number of fused-ring (bicyclic) bond motifs is 1. The molecule has 2 aliphatic rings. The smallest absolute Gasteiger partial charge is 0.344 e. The van der Waals surface area contributed by atoms with Crippen LogP contribution < -0.4 is 5.73 Å². The highest BCUT2D eigenvalue weighted by molar-refractivity contribution is 5.91. The van der Waals surface area contributed by atoms with Gasteiger partial charge in [-0.15, -0.1) is 0 Å². The van der Waals surface area contributed by atoms with Crippen molar-refractivity contribution in [2.24, 2.45) is 23.0 Å². The lowest BCUT2D eigenvalue weighted by atomic mass is 9.78. The second-order valence-corrected chi connectivity index (χ2v) is 5.91. The predicted molar refractivity (Wildman–Crippen MR) is 60.2 cm³/mol. The van der Waals surface area contributed by atoms with Crippen molar-refractivity contribution >= 4 is 11.9 Å². The molecule has 4 atom stereocenters. The minimum atomic E-state index is -2.17. The van der Waals surface area contributed by atoms with E-state index in [0.29, 0.717) is 6.42 Å². The summed E-state index contributed by atoms with van der Waals surface area (Å²) in [4.78, 5) is 23.4. The molecule has 0 aliphatic heterocycles. The number of esters is 2. The van der Waals surface area contributed by atoms with Gasteiger partial charge in [-0.1, -0.05) is 13.8 Å². The minimum absolute atomic E-state index is 0.296. The molecular formula is C12H18FNO4. The fourth-order valence-corrected chi connectivity index (χ4v) is 3.82. The van der Waals surface area contributed by atoms with Crippen LogP contribution in [0, 0.1) is 17.3 Å². The predicted octanol–water partition coefficient (Wildman–Crippen LogP) is 0.414. The van der Waals surface area contributed by atoms with Crippen LogP contribution >= 0.6 is 0 Å². The summed E-state index contributed by atoms with van der Waals surface area (Å²) in [6.07, 6.45) is 0.296. The van der Waals surface area contributed by atoms with Gasteiger partial charge in [0.15, 0.2) is 0 Å². The zero-order valence-electron chi connectivity index (χ0n) is 11.0. The third kappa shape index (κ3) is 1.29. The molecule has 0 radical (unpaired) electrons. The van der Waals surface area contributed by atoms with E-state index in [0.717, 1.165) is 7.11 Å². The zero-order chi connectivity index (χ0) is 13.9. The van der Waals surface area contributed by atoms with Gasteiger partial charge in [-0.3, -0.25) is 4.79 Å². The largest absolute Gasteiger partial charge is 0.468 e. The third-order valence-corrected chi connectivity index (χ3v) is 4.34. The third-order valence-electron chi connectivity index (χ3n) is 4.34. The Balaban J connectivity index is 2.41. The van der Waals surface area contributed by atoms with Crippen LogP contribution in [0.1, 0.15) is 20.3 Å². The maximum atomic E-state index is 14.7. The monoisotopic (exact) mass is 259 g/mol. The average Bonchev–Trinajstić information content (AvgIpc) is 2.88. The minimum Gasteiger partial charge on any atom is -0.468 e. The Hall–Kier alpha value is -1.17. The molecule has 4 unspecified atom stereocenters. The fraction of sp³-hybridized carbons (Fsp3) is 0.833. The molecule has 0 aromatic rings. The van der Waals surface area contributed by atoms with Crippen molar-refractivity contribution in [2.75, 3.05) is 14.2 Å². The molecule has 18 heavy (non-hydrogen) atoms. The number of nitrogens with two attached hydrogens (primary N) is 1. The van der Waals surface area contributed by atoms with Gasteiger partial charge in [-0.25, -0.2) is 9.18 Å². The van der Waals surface area contributed by atoms with Gasteiger partial charge in [0.25, 0.3) is 0 Å². The SMILES string of the molecule is COC(=O)C1(N)CC(C)(C)C2C1C2(F)C(=O)OC. The number of rotatable bonds is 2. The van der Waals surface area contributed by atoms with Crippen LogP contribution in [0.15, 0.2) is 0 Å². The van der Waals surface area contributed by atoms with Crippen LogP contribution in [0.2, 0.25) is 0 Å². The summed E-state index contributed by atoms with van der Waals surface area (Å²) in [6, 6.07) is 0. The summed E-state index contributed by atoms with van der Waals surface area (Å²) in [6.45, 7) is 3.60. The second kappa shape index (κ2) is 3.44. The molecule has 5 nitrogen and oxygen atoms in total. The number of hydrogen-bond donors (Lipinski definition) is 1. The molecule has 0 spiro atoms. The molecular weight excluding hydrogens is 241 g/mol. The Labute approximate surface area is 105 Å². The van der Waals surface area contributed by atoms with Crippen molar-refractivity contribution in [1.82, 2.24) is 0 Å². The van der Waals surface area contributed by atoms with Gasteiger partial charge in [0, 0.05) is 11.8 Å². The van der Waals surface area contributed by atoms with Crippen molar-refractivity contribution in [3.8, 4) is 0 Å². The summed E-state index contributed by atoms with van der Waals surface area (Å²) < 4.78 is 23.9. The Kier molecular flexibility index (Phi) is 2.53. The number of carbonyl (C=O) groups excluding carboxylic acids is 2. The van der Waals surface area contributed by atoms with Crippen LogP contribution in [0.25, 0.3) is 0 Å². The number of ether oxygens (including phenoxy) is 2. The Morgan fingerprint density at radius 2 is 1.67 bits per heavy atom. The summed E-state index contributed by atoms with van der Waals surface area (Å²) in [5, 5.41) is 0. The molecule has 6 heteroatoms. The van der Waals surface area contributed by atoms with Crippen LogP contribution in [0.4, 0.5) is 4.39 Å². The van der Waals surface area contributed by atoms with Crippen molar-refractivity contribution in [2.45, 2.75) is 31.5 Å². The number of methoxy groups -OCH3 is 2. The highest BCUT2D eigenvalue weighted by Crippen LogP contribution is 2.73. The molecule has 0 amide bonds. The first-order chi connectivity index (χ1) is 8.16. The average molecular weight is 259 g/mol. The highest BCUT2D eigenvalue weighted by Gasteiger charge is 2.87. The maximum absolute atomic E-state index is 14.7. The quantitative estimate of drug-likeness (QED) is 0.727. The number of halogens is 1. The summed E-state index contributed by atoms with van der Waals surface area (Å²) in [5.41, 5.74) is 1.85. The van der Waals surface area contributed by atoms with Gasteiger partial charge in [-0.2, -0.15) is 0 Å². The van der Waals surface area contributed by atoms with Gasteiger partial charge in [-0.05, 0) is 11.8 Å². The summed E-state index contributed by atoms with van der Waals surface area (Å²) in [7, 11) is 2.33. The molecule has 0 aromatic carbocycles. The fourth-order valence-electron chi connectivity index (χ4n) is 3.82. The van der Waals surface area contributed by atoms with Crippen LogP contribution in [0.5, 0.6) is 0 Å². The van der Waals surface area contributed by atoms with Gasteiger partial charge in [0.05, 0.1) is 14.2 Å². The topological polar surface area (TPSA) is 78.6 Å². The van der Waals surface area contributed by atoms with Crippen molar-refractivity contribution < 1.29 is 23.5 Å². The Morgan fingerprint density at radius 3 is 2.11 bits per heavy atom. The van der Waals surface area contributed by atoms with Crippen LogP contribution in [-0.4, -0.2) is 37.4 Å². The number of hydrogen-bond acceptors (Lipinski definition) is 5. The molecule has 0 heterocycles. The Bertz CT molecular complexity index is 424. The van der Waals surface area contributed by atoms with Crippen molar-refractivity contribution in [3.05, 3.63) is 0 Å². The number of carbonyl (C=O) groups is 2. The van der Waals surface area contributed by atoms with E-state index in [1.165, 1.54) is 7.11 Å². The van der Waals surface area contributed by atoms with Crippen LogP contribution in [0.3, 0.4) is 0 Å². The summed E-state index contributed by atoms with van der Waals surface area (Å²) >= 11 is 0. The standard InChI is InChI=1S/C12H18FNO4/c1-10(2)5-11(14,8(15)17-3)7-6(10)12(7,13)9(16)18-4/h6-7H,5,14H2,1-4H3. The first-order valence-electron chi connectivity index (χ1n) is 5.81.